The minimum absolute atomic E-state index is 0.0916. The number of hydrazine groups is 1. The lowest BCUT2D eigenvalue weighted by Crippen LogP contribution is -2.42. The summed E-state index contributed by atoms with van der Waals surface area (Å²) in [6.45, 7) is 0. The molecule has 20 heavy (non-hydrogen) atoms. The van der Waals surface area contributed by atoms with Crippen LogP contribution in [0.1, 0.15) is 16.1 Å². The maximum absolute atomic E-state index is 11.7. The van der Waals surface area contributed by atoms with E-state index in [1.54, 1.807) is 36.5 Å². The van der Waals surface area contributed by atoms with E-state index in [9.17, 15) is 9.59 Å². The largest absolute Gasteiger partial charge is 0.356 e. The first kappa shape index (κ1) is 14.6. The Balaban J connectivity index is 1.87. The van der Waals surface area contributed by atoms with E-state index in [2.05, 4.69) is 31.8 Å². The van der Waals surface area contributed by atoms with E-state index in [0.29, 0.717) is 16.3 Å². The van der Waals surface area contributed by atoms with Gasteiger partial charge in [-0.3, -0.25) is 20.4 Å². The van der Waals surface area contributed by atoms with Gasteiger partial charge in [0.05, 0.1) is 6.42 Å². The van der Waals surface area contributed by atoms with Crippen LogP contribution in [0.25, 0.3) is 0 Å². The molecule has 0 radical (unpaired) electrons. The van der Waals surface area contributed by atoms with E-state index in [0.717, 1.165) is 4.47 Å². The Kier molecular flexibility index (Phi) is 4.81. The van der Waals surface area contributed by atoms with Crippen molar-refractivity contribution in [1.29, 1.82) is 0 Å². The van der Waals surface area contributed by atoms with E-state index in [1.807, 2.05) is 0 Å². The number of H-pyrrole nitrogens is 1. The summed E-state index contributed by atoms with van der Waals surface area (Å²) in [6.07, 6.45) is 1.72. The van der Waals surface area contributed by atoms with E-state index in [1.165, 1.54) is 0 Å². The predicted octanol–water partition coefficient (Wildman–Crippen LogP) is 2.43. The van der Waals surface area contributed by atoms with Gasteiger partial charge < -0.3 is 4.98 Å². The standard InChI is InChI=1S/C13H11BrClN3O2/c14-9-6-11(16-7-9)13(20)18-17-12(19)5-8-3-1-2-4-10(8)15/h1-4,6-7,16H,5H2,(H,17,19)(H,18,20). The van der Waals surface area contributed by atoms with Crippen LogP contribution in [0.15, 0.2) is 41.0 Å². The van der Waals surface area contributed by atoms with Crippen LogP contribution in [-0.2, 0) is 11.2 Å². The maximum atomic E-state index is 11.7. The fourth-order valence-corrected chi connectivity index (χ4v) is 2.10. The fraction of sp³-hybridized carbons (Fsp3) is 0.0769. The normalized spacial score (nSPS) is 10.1. The molecule has 7 heteroatoms. The first-order chi connectivity index (χ1) is 9.56. The minimum Gasteiger partial charge on any atom is -0.356 e. The monoisotopic (exact) mass is 355 g/mol. The molecule has 1 aromatic heterocycles. The zero-order chi connectivity index (χ0) is 14.5. The number of halogens is 2. The Labute approximate surface area is 128 Å². The summed E-state index contributed by atoms with van der Waals surface area (Å²) >= 11 is 9.17. The highest BCUT2D eigenvalue weighted by molar-refractivity contribution is 9.10. The first-order valence-electron chi connectivity index (χ1n) is 5.73. The van der Waals surface area contributed by atoms with Crippen molar-refractivity contribution < 1.29 is 9.59 Å². The zero-order valence-corrected chi connectivity index (χ0v) is 12.6. The SMILES string of the molecule is O=C(Cc1ccccc1Cl)NNC(=O)c1cc(Br)c[nH]1. The van der Waals surface area contributed by atoms with E-state index in [4.69, 9.17) is 11.6 Å². The number of benzene rings is 1. The third kappa shape index (κ3) is 3.85. The molecule has 0 saturated heterocycles. The predicted molar refractivity (Wildman–Crippen MR) is 79.3 cm³/mol. The molecule has 104 valence electrons. The van der Waals surface area contributed by atoms with Gasteiger partial charge in [-0.15, -0.1) is 0 Å². The van der Waals surface area contributed by atoms with Crippen molar-refractivity contribution in [3.8, 4) is 0 Å². The van der Waals surface area contributed by atoms with Crippen molar-refractivity contribution in [3.05, 3.63) is 57.3 Å². The van der Waals surface area contributed by atoms with Crippen molar-refractivity contribution in [2.45, 2.75) is 6.42 Å². The molecule has 0 saturated carbocycles. The average Bonchev–Trinajstić information content (AvgIpc) is 2.85. The summed E-state index contributed by atoms with van der Waals surface area (Å²) in [7, 11) is 0. The Morgan fingerprint density at radius 3 is 2.65 bits per heavy atom. The van der Waals surface area contributed by atoms with Crippen LogP contribution < -0.4 is 10.9 Å². The van der Waals surface area contributed by atoms with Crippen molar-refractivity contribution in [3.63, 3.8) is 0 Å². The number of hydrogen-bond acceptors (Lipinski definition) is 2. The highest BCUT2D eigenvalue weighted by Crippen LogP contribution is 2.15. The number of aromatic amines is 1. The van der Waals surface area contributed by atoms with E-state index in [-0.39, 0.29) is 12.3 Å². The molecular formula is C13H11BrClN3O2. The van der Waals surface area contributed by atoms with Gasteiger partial charge in [0.15, 0.2) is 0 Å². The third-order valence-electron chi connectivity index (χ3n) is 2.52. The number of amides is 2. The molecular weight excluding hydrogens is 346 g/mol. The smallest absolute Gasteiger partial charge is 0.286 e. The van der Waals surface area contributed by atoms with E-state index < -0.39 is 5.91 Å². The molecule has 0 bridgehead atoms. The number of hydrogen-bond donors (Lipinski definition) is 3. The molecule has 2 rings (SSSR count). The Morgan fingerprint density at radius 2 is 2.00 bits per heavy atom. The topological polar surface area (TPSA) is 74.0 Å². The summed E-state index contributed by atoms with van der Waals surface area (Å²) in [6, 6.07) is 8.65. The molecule has 0 fully saturated rings. The average molecular weight is 357 g/mol. The molecule has 1 heterocycles. The second kappa shape index (κ2) is 6.58. The van der Waals surface area contributed by atoms with Crippen molar-refractivity contribution >= 4 is 39.3 Å². The van der Waals surface area contributed by atoms with Gasteiger partial charge in [0.25, 0.3) is 5.91 Å². The molecule has 0 unspecified atom stereocenters. The molecule has 2 amide bonds. The molecule has 5 nitrogen and oxygen atoms in total. The maximum Gasteiger partial charge on any atom is 0.286 e. The lowest BCUT2D eigenvalue weighted by atomic mass is 10.1. The third-order valence-corrected chi connectivity index (χ3v) is 3.34. The molecule has 0 spiro atoms. The summed E-state index contributed by atoms with van der Waals surface area (Å²) < 4.78 is 0.755. The molecule has 0 aliphatic rings. The van der Waals surface area contributed by atoms with Crippen LogP contribution in [0, 0.1) is 0 Å². The van der Waals surface area contributed by atoms with Gasteiger partial charge in [-0.2, -0.15) is 0 Å². The van der Waals surface area contributed by atoms with Gasteiger partial charge in [-0.05, 0) is 33.6 Å². The van der Waals surface area contributed by atoms with Gasteiger partial charge in [-0.25, -0.2) is 0 Å². The van der Waals surface area contributed by atoms with Crippen molar-refractivity contribution in [2.75, 3.05) is 0 Å². The van der Waals surface area contributed by atoms with Crippen LogP contribution in [0.5, 0.6) is 0 Å². The van der Waals surface area contributed by atoms with Gasteiger partial charge >= 0.3 is 0 Å². The van der Waals surface area contributed by atoms with Crippen molar-refractivity contribution in [1.82, 2.24) is 15.8 Å². The first-order valence-corrected chi connectivity index (χ1v) is 6.90. The fourth-order valence-electron chi connectivity index (χ4n) is 1.55. The van der Waals surface area contributed by atoms with Gasteiger partial charge in [0.2, 0.25) is 5.91 Å². The summed E-state index contributed by atoms with van der Waals surface area (Å²) in [5.74, 6) is -0.778. The molecule has 2 aromatic rings. The van der Waals surface area contributed by atoms with Crippen molar-refractivity contribution in [2.24, 2.45) is 0 Å². The summed E-state index contributed by atoms with van der Waals surface area (Å²) in [5.41, 5.74) is 5.69. The minimum atomic E-state index is -0.428. The molecule has 0 atom stereocenters. The molecule has 0 aliphatic carbocycles. The number of rotatable bonds is 3. The van der Waals surface area contributed by atoms with Gasteiger partial charge in [-0.1, -0.05) is 29.8 Å². The Hall–Kier alpha value is -1.79. The lowest BCUT2D eigenvalue weighted by molar-refractivity contribution is -0.121. The quantitative estimate of drug-likeness (QED) is 0.739. The lowest BCUT2D eigenvalue weighted by Gasteiger charge is -2.07. The number of carbonyl (C=O) groups is 2. The zero-order valence-electron chi connectivity index (χ0n) is 10.2. The van der Waals surface area contributed by atoms with Crippen LogP contribution in [0.2, 0.25) is 5.02 Å². The Bertz CT molecular complexity index is 642. The highest BCUT2D eigenvalue weighted by atomic mass is 79.9. The molecule has 1 aromatic carbocycles. The van der Waals surface area contributed by atoms with E-state index >= 15 is 0 Å². The second-order valence-electron chi connectivity index (χ2n) is 4.00. The van der Waals surface area contributed by atoms with Crippen LogP contribution >= 0.6 is 27.5 Å². The highest BCUT2D eigenvalue weighted by Gasteiger charge is 2.10. The van der Waals surface area contributed by atoms with Crippen LogP contribution in [-0.4, -0.2) is 16.8 Å². The van der Waals surface area contributed by atoms with Gasteiger partial charge in [0.1, 0.15) is 5.69 Å². The second-order valence-corrected chi connectivity index (χ2v) is 5.32. The van der Waals surface area contributed by atoms with Crippen LogP contribution in [0.4, 0.5) is 0 Å². The Morgan fingerprint density at radius 1 is 1.25 bits per heavy atom. The van der Waals surface area contributed by atoms with Crippen LogP contribution in [0.3, 0.4) is 0 Å². The number of nitrogens with one attached hydrogen (secondary N) is 3. The molecule has 3 N–H and O–H groups in total. The number of aromatic nitrogens is 1. The van der Waals surface area contributed by atoms with Gasteiger partial charge in [0, 0.05) is 15.7 Å². The summed E-state index contributed by atoms with van der Waals surface area (Å²) in [5, 5.41) is 0.516. The summed E-state index contributed by atoms with van der Waals surface area (Å²) in [4.78, 5) is 26.1. The number of carbonyl (C=O) groups excluding carboxylic acids is 2. The molecule has 0 aliphatic heterocycles.